The minimum Gasteiger partial charge on any atom is -0.357 e. The molecule has 2 N–H and O–H groups in total. The lowest BCUT2D eigenvalue weighted by Gasteiger charge is -2.37. The van der Waals surface area contributed by atoms with Gasteiger partial charge in [-0.2, -0.15) is 0 Å². The van der Waals surface area contributed by atoms with Gasteiger partial charge in [-0.1, -0.05) is 0 Å². The number of halogens is 1. The fourth-order valence-electron chi connectivity index (χ4n) is 3.47. The van der Waals surface area contributed by atoms with Crippen LogP contribution in [0.15, 0.2) is 4.99 Å². The van der Waals surface area contributed by atoms with E-state index >= 15 is 0 Å². The molecule has 0 bridgehead atoms. The van der Waals surface area contributed by atoms with E-state index in [1.165, 1.54) is 0 Å². The number of hydrogen-bond donors (Lipinski definition) is 2. The first kappa shape index (κ1) is 24.9. The summed E-state index contributed by atoms with van der Waals surface area (Å²) in [6.45, 7) is 9.73. The van der Waals surface area contributed by atoms with Gasteiger partial charge >= 0.3 is 0 Å². The summed E-state index contributed by atoms with van der Waals surface area (Å²) in [5, 5.41) is 6.82. The predicted octanol–water partition coefficient (Wildman–Crippen LogP) is 0.219. The molecule has 2 fully saturated rings. The van der Waals surface area contributed by atoms with Crippen molar-refractivity contribution in [1.29, 1.82) is 0 Å². The second-order valence-electron chi connectivity index (χ2n) is 7.33. The fourth-order valence-corrected chi connectivity index (χ4v) is 4.60. The van der Waals surface area contributed by atoms with E-state index in [1.807, 2.05) is 0 Å². The second kappa shape index (κ2) is 11.7. The summed E-state index contributed by atoms with van der Waals surface area (Å²) in [5.74, 6) is 1.02. The maximum atomic E-state index is 12.0. The van der Waals surface area contributed by atoms with E-state index in [0.717, 1.165) is 51.5 Å². The van der Waals surface area contributed by atoms with Gasteiger partial charge in [0, 0.05) is 51.4 Å². The molecule has 27 heavy (non-hydrogen) atoms. The average molecular weight is 516 g/mol. The molecule has 0 amide bonds. The number of nitrogens with zero attached hydrogens (tertiary/aromatic N) is 4. The highest BCUT2D eigenvalue weighted by Crippen LogP contribution is 2.14. The van der Waals surface area contributed by atoms with Crippen LogP contribution in [-0.4, -0.2) is 106 Å². The Morgan fingerprint density at radius 2 is 1.78 bits per heavy atom. The third-order valence-corrected chi connectivity index (χ3v) is 7.22. The van der Waals surface area contributed by atoms with Crippen molar-refractivity contribution in [3.63, 3.8) is 0 Å². The number of piperidine rings is 1. The zero-order chi connectivity index (χ0) is 19.2. The molecule has 0 aromatic heterocycles. The lowest BCUT2D eigenvalue weighted by atomic mass is 10.1. The van der Waals surface area contributed by atoms with Gasteiger partial charge in [0.1, 0.15) is 0 Å². The molecule has 10 heteroatoms. The number of guanidine groups is 1. The summed E-state index contributed by atoms with van der Waals surface area (Å²) < 4.78 is 25.6. The topological polar surface area (TPSA) is 80.3 Å². The molecule has 2 aliphatic rings. The monoisotopic (exact) mass is 516 g/mol. The average Bonchev–Trinajstić information content (AvgIpc) is 2.63. The third-order valence-electron chi connectivity index (χ3n) is 5.34. The van der Waals surface area contributed by atoms with E-state index in [0.29, 0.717) is 19.1 Å². The summed E-state index contributed by atoms with van der Waals surface area (Å²) in [4.78, 5) is 9.52. The van der Waals surface area contributed by atoms with Crippen LogP contribution in [0, 0.1) is 0 Å². The van der Waals surface area contributed by atoms with Crippen LogP contribution in [0.5, 0.6) is 0 Å². The van der Waals surface area contributed by atoms with Crippen LogP contribution in [0.1, 0.15) is 26.7 Å². The molecule has 160 valence electrons. The summed E-state index contributed by atoms with van der Waals surface area (Å²) in [5.41, 5.74) is 0. The Balaban J connectivity index is 0.00000364. The Morgan fingerprint density at radius 3 is 2.37 bits per heavy atom. The van der Waals surface area contributed by atoms with Gasteiger partial charge in [0.2, 0.25) is 10.0 Å². The van der Waals surface area contributed by atoms with Crippen molar-refractivity contribution >= 4 is 40.0 Å². The lowest BCUT2D eigenvalue weighted by Crippen LogP contribution is -2.52. The maximum Gasteiger partial charge on any atom is 0.213 e. The van der Waals surface area contributed by atoms with Crippen LogP contribution < -0.4 is 10.6 Å². The minimum absolute atomic E-state index is 0. The number of aliphatic imine (C=N–C) groups is 1. The fraction of sp³-hybridized carbons (Fsp3) is 0.941. The Morgan fingerprint density at radius 1 is 1.11 bits per heavy atom. The molecule has 2 rings (SSSR count). The van der Waals surface area contributed by atoms with Gasteiger partial charge in [-0.15, -0.1) is 24.0 Å². The molecule has 0 aromatic rings. The van der Waals surface area contributed by atoms with E-state index in [9.17, 15) is 8.42 Å². The number of hydrogen-bond acceptors (Lipinski definition) is 5. The molecule has 2 saturated heterocycles. The van der Waals surface area contributed by atoms with Crippen molar-refractivity contribution in [3.05, 3.63) is 0 Å². The molecule has 1 unspecified atom stereocenters. The Labute approximate surface area is 182 Å². The van der Waals surface area contributed by atoms with Crippen LogP contribution in [0.25, 0.3) is 0 Å². The van der Waals surface area contributed by atoms with Gasteiger partial charge in [-0.3, -0.25) is 9.89 Å². The summed E-state index contributed by atoms with van der Waals surface area (Å²) >= 11 is 0. The molecule has 8 nitrogen and oxygen atoms in total. The SMILES string of the molecule is CCNC(=NCC1CN(C)CCN1C)NC1CCN(S(=O)(=O)CC)CC1.I. The van der Waals surface area contributed by atoms with Gasteiger partial charge < -0.3 is 15.5 Å². The molecule has 0 saturated carbocycles. The minimum atomic E-state index is -3.07. The molecule has 0 aliphatic carbocycles. The summed E-state index contributed by atoms with van der Waals surface area (Å²) in [6.07, 6.45) is 1.63. The molecular formula is C17H37IN6O2S. The van der Waals surface area contributed by atoms with Crippen LogP contribution >= 0.6 is 24.0 Å². The van der Waals surface area contributed by atoms with Gasteiger partial charge in [0.15, 0.2) is 5.96 Å². The smallest absolute Gasteiger partial charge is 0.213 e. The van der Waals surface area contributed by atoms with E-state index < -0.39 is 10.0 Å². The summed E-state index contributed by atoms with van der Waals surface area (Å²) in [6, 6.07) is 0.698. The quantitative estimate of drug-likeness (QED) is 0.299. The highest BCUT2D eigenvalue weighted by molar-refractivity contribution is 14.0. The van der Waals surface area contributed by atoms with Crippen LogP contribution in [0.2, 0.25) is 0 Å². The number of rotatable bonds is 6. The predicted molar refractivity (Wildman–Crippen MR) is 123 cm³/mol. The van der Waals surface area contributed by atoms with Crippen molar-refractivity contribution in [2.75, 3.05) is 65.7 Å². The Kier molecular flexibility index (Phi) is 10.8. The van der Waals surface area contributed by atoms with Gasteiger partial charge in [0.25, 0.3) is 0 Å². The highest BCUT2D eigenvalue weighted by Gasteiger charge is 2.27. The Bertz CT molecular complexity index is 566. The van der Waals surface area contributed by atoms with Gasteiger partial charge in [-0.05, 0) is 40.8 Å². The number of likely N-dealkylation sites (N-methyl/N-ethyl adjacent to an activating group) is 2. The first-order valence-electron chi connectivity index (χ1n) is 9.77. The largest absolute Gasteiger partial charge is 0.357 e. The molecule has 0 aromatic carbocycles. The zero-order valence-electron chi connectivity index (χ0n) is 17.1. The van der Waals surface area contributed by atoms with Crippen molar-refractivity contribution in [2.45, 2.75) is 38.8 Å². The van der Waals surface area contributed by atoms with Gasteiger partial charge in [-0.25, -0.2) is 12.7 Å². The molecule has 2 aliphatic heterocycles. The van der Waals surface area contributed by atoms with Gasteiger partial charge in [0.05, 0.1) is 12.3 Å². The maximum absolute atomic E-state index is 12.0. The molecule has 0 spiro atoms. The highest BCUT2D eigenvalue weighted by atomic mass is 127. The second-order valence-corrected chi connectivity index (χ2v) is 9.59. The van der Waals surface area contributed by atoms with Crippen LogP contribution in [0.3, 0.4) is 0 Å². The van der Waals surface area contributed by atoms with Crippen molar-refractivity contribution in [3.8, 4) is 0 Å². The number of piperazine rings is 1. The zero-order valence-corrected chi connectivity index (χ0v) is 20.3. The lowest BCUT2D eigenvalue weighted by molar-refractivity contribution is 0.119. The first-order valence-corrected chi connectivity index (χ1v) is 11.4. The van der Waals surface area contributed by atoms with E-state index in [4.69, 9.17) is 4.99 Å². The molecule has 1 atom stereocenters. The molecular weight excluding hydrogens is 479 g/mol. The standard InChI is InChI=1S/C17H36N6O2S.HI/c1-5-18-17(19-13-16-14-21(3)11-12-22(16)4)20-15-7-9-23(10-8-15)26(24,25)6-2;/h15-16H,5-14H2,1-4H3,(H2,18,19,20);1H. The van der Waals surface area contributed by atoms with Crippen LogP contribution in [0.4, 0.5) is 0 Å². The summed E-state index contributed by atoms with van der Waals surface area (Å²) in [7, 11) is 1.25. The molecule has 0 radical (unpaired) electrons. The normalized spacial score (nSPS) is 24.4. The third kappa shape index (κ3) is 7.64. The number of sulfonamides is 1. The van der Waals surface area contributed by atoms with E-state index in [1.54, 1.807) is 11.2 Å². The van der Waals surface area contributed by atoms with Crippen molar-refractivity contribution < 1.29 is 8.42 Å². The van der Waals surface area contributed by atoms with Crippen LogP contribution in [-0.2, 0) is 10.0 Å². The molecule has 2 heterocycles. The van der Waals surface area contributed by atoms with E-state index in [-0.39, 0.29) is 35.8 Å². The van der Waals surface area contributed by atoms with Crippen molar-refractivity contribution in [1.82, 2.24) is 24.7 Å². The van der Waals surface area contributed by atoms with E-state index in [2.05, 4.69) is 41.5 Å². The van der Waals surface area contributed by atoms with Crippen molar-refractivity contribution in [2.24, 2.45) is 4.99 Å². The Hall–Kier alpha value is -0.170. The first-order chi connectivity index (χ1) is 12.4. The number of nitrogens with one attached hydrogen (secondary N) is 2.